The van der Waals surface area contributed by atoms with Crippen LogP contribution in [0.1, 0.15) is 39.2 Å². The molecule has 0 aliphatic carbocycles. The molecule has 0 spiro atoms. The maximum Gasteiger partial charge on any atom is 0.316 e. The highest BCUT2D eigenvalue weighted by Crippen LogP contribution is 2.18. The molecule has 20 heavy (non-hydrogen) atoms. The Labute approximate surface area is 121 Å². The first-order valence-electron chi connectivity index (χ1n) is 7.29. The van der Waals surface area contributed by atoms with Crippen LogP contribution in [0.4, 0.5) is 0 Å². The summed E-state index contributed by atoms with van der Waals surface area (Å²) in [6.45, 7) is 5.85. The Hall–Kier alpha value is -1.64. The van der Waals surface area contributed by atoms with Gasteiger partial charge in [0, 0.05) is 6.42 Å². The molecule has 1 aromatic carbocycles. The molecule has 1 atom stereocenters. The summed E-state index contributed by atoms with van der Waals surface area (Å²) in [5.41, 5.74) is 1.22. The van der Waals surface area contributed by atoms with Crippen molar-refractivity contribution in [2.45, 2.75) is 40.0 Å². The van der Waals surface area contributed by atoms with Gasteiger partial charge in [0.1, 0.15) is 11.7 Å². The van der Waals surface area contributed by atoms with E-state index in [1.165, 1.54) is 5.56 Å². The van der Waals surface area contributed by atoms with E-state index in [2.05, 4.69) is 12.1 Å². The SMILES string of the molecule is CCOC(=O)C(C(=O)CCCc1ccccc1)C(C)C. The van der Waals surface area contributed by atoms with Crippen LogP contribution in [0.3, 0.4) is 0 Å². The Bertz CT molecular complexity index is 423. The fraction of sp³-hybridized carbons (Fsp3) is 0.529. The molecule has 0 saturated heterocycles. The minimum Gasteiger partial charge on any atom is -0.465 e. The maximum atomic E-state index is 12.2. The zero-order valence-electron chi connectivity index (χ0n) is 12.6. The molecule has 0 aromatic heterocycles. The molecule has 110 valence electrons. The number of ketones is 1. The quantitative estimate of drug-likeness (QED) is 0.540. The van der Waals surface area contributed by atoms with E-state index in [-0.39, 0.29) is 17.7 Å². The average Bonchev–Trinajstić information content (AvgIpc) is 2.40. The van der Waals surface area contributed by atoms with Crippen molar-refractivity contribution in [3.8, 4) is 0 Å². The van der Waals surface area contributed by atoms with Gasteiger partial charge in [0.05, 0.1) is 6.61 Å². The Morgan fingerprint density at radius 2 is 1.80 bits per heavy atom. The highest BCUT2D eigenvalue weighted by Gasteiger charge is 2.30. The smallest absolute Gasteiger partial charge is 0.316 e. The van der Waals surface area contributed by atoms with Gasteiger partial charge >= 0.3 is 5.97 Å². The molecular formula is C17H24O3. The number of aryl methyl sites for hydroxylation is 1. The van der Waals surface area contributed by atoms with Crippen molar-refractivity contribution in [2.75, 3.05) is 6.61 Å². The summed E-state index contributed by atoms with van der Waals surface area (Å²) in [5, 5.41) is 0. The first-order chi connectivity index (χ1) is 9.56. The Kier molecular flexibility index (Phi) is 6.99. The van der Waals surface area contributed by atoms with Gasteiger partial charge in [-0.15, -0.1) is 0 Å². The standard InChI is InChI=1S/C17H24O3/c1-4-20-17(19)16(13(2)3)15(18)12-8-11-14-9-6-5-7-10-14/h5-7,9-10,13,16H,4,8,11-12H2,1-3H3. The Balaban J connectivity index is 2.48. The van der Waals surface area contributed by atoms with Crippen LogP contribution in [-0.4, -0.2) is 18.4 Å². The molecule has 0 N–H and O–H groups in total. The van der Waals surface area contributed by atoms with Crippen LogP contribution >= 0.6 is 0 Å². The second-order valence-electron chi connectivity index (χ2n) is 5.28. The van der Waals surface area contributed by atoms with Crippen LogP contribution in [0.2, 0.25) is 0 Å². The van der Waals surface area contributed by atoms with Crippen LogP contribution in [0.15, 0.2) is 30.3 Å². The highest BCUT2D eigenvalue weighted by molar-refractivity contribution is 5.99. The summed E-state index contributed by atoms with van der Waals surface area (Å²) in [7, 11) is 0. The van der Waals surface area contributed by atoms with E-state index in [4.69, 9.17) is 4.74 Å². The van der Waals surface area contributed by atoms with Crippen LogP contribution < -0.4 is 0 Å². The van der Waals surface area contributed by atoms with Crippen molar-refractivity contribution in [2.24, 2.45) is 11.8 Å². The molecule has 0 amide bonds. The van der Waals surface area contributed by atoms with Gasteiger partial charge < -0.3 is 4.74 Å². The van der Waals surface area contributed by atoms with Gasteiger partial charge in [-0.2, -0.15) is 0 Å². The third-order valence-corrected chi connectivity index (χ3v) is 3.29. The van der Waals surface area contributed by atoms with Crippen molar-refractivity contribution in [3.05, 3.63) is 35.9 Å². The number of Topliss-reactive ketones (excluding diaryl/α,β-unsaturated/α-hetero) is 1. The molecule has 0 bridgehead atoms. The van der Waals surface area contributed by atoms with Gasteiger partial charge in [-0.25, -0.2) is 0 Å². The number of esters is 1. The van der Waals surface area contributed by atoms with Gasteiger partial charge in [-0.3, -0.25) is 9.59 Å². The summed E-state index contributed by atoms with van der Waals surface area (Å²) in [4.78, 5) is 24.0. The first-order valence-corrected chi connectivity index (χ1v) is 7.29. The molecule has 1 unspecified atom stereocenters. The summed E-state index contributed by atoms with van der Waals surface area (Å²) < 4.78 is 4.99. The van der Waals surface area contributed by atoms with Crippen LogP contribution in [0.25, 0.3) is 0 Å². The largest absolute Gasteiger partial charge is 0.465 e. The van der Waals surface area contributed by atoms with Crippen molar-refractivity contribution >= 4 is 11.8 Å². The van der Waals surface area contributed by atoms with E-state index >= 15 is 0 Å². The number of benzene rings is 1. The monoisotopic (exact) mass is 276 g/mol. The van der Waals surface area contributed by atoms with E-state index in [0.717, 1.165) is 12.8 Å². The van der Waals surface area contributed by atoms with Gasteiger partial charge in [0.25, 0.3) is 0 Å². The normalized spacial score (nSPS) is 12.2. The topological polar surface area (TPSA) is 43.4 Å². The molecule has 3 heteroatoms. The van der Waals surface area contributed by atoms with Gasteiger partial charge in [0.15, 0.2) is 0 Å². The number of hydrogen-bond donors (Lipinski definition) is 0. The molecule has 1 rings (SSSR count). The molecule has 0 saturated carbocycles. The lowest BCUT2D eigenvalue weighted by atomic mass is 9.89. The second-order valence-corrected chi connectivity index (χ2v) is 5.28. The van der Waals surface area contributed by atoms with Gasteiger partial charge in [-0.1, -0.05) is 44.2 Å². The van der Waals surface area contributed by atoms with E-state index < -0.39 is 5.92 Å². The molecule has 0 aliphatic heterocycles. The average molecular weight is 276 g/mol. The molecule has 3 nitrogen and oxygen atoms in total. The Morgan fingerprint density at radius 3 is 2.35 bits per heavy atom. The first kappa shape index (κ1) is 16.4. The van der Waals surface area contributed by atoms with Crippen LogP contribution in [0.5, 0.6) is 0 Å². The summed E-state index contributed by atoms with van der Waals surface area (Å²) in [6.07, 6.45) is 2.06. The molecule has 1 aromatic rings. The lowest BCUT2D eigenvalue weighted by Crippen LogP contribution is -2.30. The van der Waals surface area contributed by atoms with Gasteiger partial charge in [-0.05, 0) is 31.2 Å². The predicted octanol–water partition coefficient (Wildman–Crippen LogP) is 3.41. The highest BCUT2D eigenvalue weighted by atomic mass is 16.5. The second kappa shape index (κ2) is 8.51. The molecule has 0 heterocycles. The predicted molar refractivity (Wildman–Crippen MR) is 79.3 cm³/mol. The van der Waals surface area contributed by atoms with E-state index in [0.29, 0.717) is 13.0 Å². The molecule has 0 aliphatic rings. The molecular weight excluding hydrogens is 252 g/mol. The van der Waals surface area contributed by atoms with E-state index in [1.54, 1.807) is 6.92 Å². The van der Waals surface area contributed by atoms with Gasteiger partial charge in [0.2, 0.25) is 0 Å². The fourth-order valence-corrected chi connectivity index (χ4v) is 2.27. The minimum absolute atomic E-state index is 0.00520. The third kappa shape index (κ3) is 5.16. The summed E-state index contributed by atoms with van der Waals surface area (Å²) in [6, 6.07) is 10.1. The zero-order chi connectivity index (χ0) is 15.0. The number of rotatable bonds is 8. The zero-order valence-corrected chi connectivity index (χ0v) is 12.6. The Morgan fingerprint density at radius 1 is 1.15 bits per heavy atom. The van der Waals surface area contributed by atoms with E-state index in [1.807, 2.05) is 32.0 Å². The minimum atomic E-state index is -0.620. The fourth-order valence-electron chi connectivity index (χ4n) is 2.27. The number of ether oxygens (including phenoxy) is 1. The van der Waals surface area contributed by atoms with E-state index in [9.17, 15) is 9.59 Å². The van der Waals surface area contributed by atoms with Crippen molar-refractivity contribution in [1.29, 1.82) is 0 Å². The van der Waals surface area contributed by atoms with Crippen LogP contribution in [-0.2, 0) is 20.7 Å². The maximum absolute atomic E-state index is 12.2. The number of hydrogen-bond acceptors (Lipinski definition) is 3. The lowest BCUT2D eigenvalue weighted by Gasteiger charge is -2.17. The van der Waals surface area contributed by atoms with Crippen molar-refractivity contribution in [1.82, 2.24) is 0 Å². The summed E-state index contributed by atoms with van der Waals surface area (Å²) >= 11 is 0. The third-order valence-electron chi connectivity index (χ3n) is 3.29. The van der Waals surface area contributed by atoms with Crippen molar-refractivity contribution < 1.29 is 14.3 Å². The van der Waals surface area contributed by atoms with Crippen LogP contribution in [0, 0.1) is 11.8 Å². The van der Waals surface area contributed by atoms with Crippen molar-refractivity contribution in [3.63, 3.8) is 0 Å². The number of carbonyl (C=O) groups is 2. The molecule has 0 fully saturated rings. The molecule has 0 radical (unpaired) electrons. The number of carbonyl (C=O) groups excluding carboxylic acids is 2. The lowest BCUT2D eigenvalue weighted by molar-refractivity contribution is -0.153. The summed E-state index contributed by atoms with van der Waals surface area (Å²) in [5.74, 6) is -1.02.